The summed E-state index contributed by atoms with van der Waals surface area (Å²) in [4.78, 5) is 8.59. The van der Waals surface area contributed by atoms with Crippen LogP contribution >= 0.6 is 0 Å². The number of imidazole rings is 1. The molecule has 0 saturated heterocycles. The Kier molecular flexibility index (Phi) is 3.35. The van der Waals surface area contributed by atoms with Crippen LogP contribution in [0.1, 0.15) is 5.56 Å². The summed E-state index contributed by atoms with van der Waals surface area (Å²) in [6.45, 7) is 0.842. The molecule has 2 aromatic heterocycles. The van der Waals surface area contributed by atoms with Gasteiger partial charge in [0.1, 0.15) is 5.75 Å². The van der Waals surface area contributed by atoms with Crippen LogP contribution in [-0.2, 0) is 13.6 Å². The van der Waals surface area contributed by atoms with Gasteiger partial charge >= 0.3 is 0 Å². The number of hydrogen-bond donors (Lipinski definition) is 1. The van der Waals surface area contributed by atoms with E-state index in [4.69, 9.17) is 4.74 Å². The van der Waals surface area contributed by atoms with Crippen LogP contribution in [0.15, 0.2) is 42.9 Å². The smallest absolute Gasteiger partial charge is 0.247 e. The summed E-state index contributed by atoms with van der Waals surface area (Å²) in [6.07, 6.45) is 3.49. The molecule has 5 heteroatoms. The predicted molar refractivity (Wildman–Crippen MR) is 77.8 cm³/mol. The highest BCUT2D eigenvalue weighted by Crippen LogP contribution is 2.26. The maximum Gasteiger partial charge on any atom is 0.247 e. The predicted octanol–water partition coefficient (Wildman–Crippen LogP) is 2.48. The molecular formula is C15H16N4O. The van der Waals surface area contributed by atoms with Crippen molar-refractivity contribution in [2.45, 2.75) is 6.54 Å². The number of rotatable bonds is 4. The Hall–Kier alpha value is -2.40. The third kappa shape index (κ3) is 2.35. The number of pyridine rings is 1. The molecule has 0 fully saturated rings. The van der Waals surface area contributed by atoms with Crippen molar-refractivity contribution >= 4 is 11.0 Å². The molecular weight excluding hydrogens is 252 g/mol. The van der Waals surface area contributed by atoms with Crippen molar-refractivity contribution in [1.82, 2.24) is 19.9 Å². The first-order chi connectivity index (χ1) is 9.78. The first kappa shape index (κ1) is 12.6. The van der Waals surface area contributed by atoms with Crippen LogP contribution in [0, 0.1) is 0 Å². The molecule has 102 valence electrons. The minimum Gasteiger partial charge on any atom is -0.437 e. The van der Waals surface area contributed by atoms with Gasteiger partial charge in [0.05, 0.1) is 11.8 Å². The van der Waals surface area contributed by atoms with E-state index in [1.54, 1.807) is 12.5 Å². The van der Waals surface area contributed by atoms with E-state index >= 15 is 0 Å². The molecule has 0 bridgehead atoms. The molecule has 3 aromatic rings. The van der Waals surface area contributed by atoms with Gasteiger partial charge in [-0.05, 0) is 30.8 Å². The average molecular weight is 268 g/mol. The van der Waals surface area contributed by atoms with Crippen molar-refractivity contribution in [3.63, 3.8) is 0 Å². The van der Waals surface area contributed by atoms with Gasteiger partial charge in [-0.25, -0.2) is 9.97 Å². The molecule has 0 atom stereocenters. The van der Waals surface area contributed by atoms with Gasteiger partial charge in [-0.1, -0.05) is 12.1 Å². The summed E-state index contributed by atoms with van der Waals surface area (Å²) < 4.78 is 7.78. The molecule has 1 aromatic carbocycles. The van der Waals surface area contributed by atoms with E-state index in [1.165, 1.54) is 5.56 Å². The van der Waals surface area contributed by atoms with Gasteiger partial charge in [0, 0.05) is 19.8 Å². The topological polar surface area (TPSA) is 52.0 Å². The number of nitrogens with one attached hydrogen (secondary N) is 1. The molecule has 0 amide bonds. The van der Waals surface area contributed by atoms with Crippen molar-refractivity contribution in [1.29, 1.82) is 0 Å². The SMILES string of the molecule is CNCc1ccc(Oc2nccc3c2ncn3C)cc1. The van der Waals surface area contributed by atoms with Crippen LogP contribution in [0.4, 0.5) is 0 Å². The fourth-order valence-corrected chi connectivity index (χ4v) is 2.10. The van der Waals surface area contributed by atoms with Crippen LogP contribution in [0.5, 0.6) is 11.6 Å². The second-order valence-corrected chi connectivity index (χ2v) is 4.62. The van der Waals surface area contributed by atoms with Gasteiger partial charge in [0.25, 0.3) is 0 Å². The summed E-state index contributed by atoms with van der Waals surface area (Å²) in [5.74, 6) is 1.29. The molecule has 1 N–H and O–H groups in total. The van der Waals surface area contributed by atoms with E-state index in [0.717, 1.165) is 23.3 Å². The Labute approximate surface area is 117 Å². The van der Waals surface area contributed by atoms with Crippen LogP contribution in [0.2, 0.25) is 0 Å². The standard InChI is InChI=1S/C15H16N4O/c1-16-9-11-3-5-12(6-4-11)20-15-14-13(7-8-17-15)19(2)10-18-14/h3-8,10,16H,9H2,1-2H3. The Morgan fingerprint density at radius 2 is 1.95 bits per heavy atom. The summed E-state index contributed by atoms with van der Waals surface area (Å²) >= 11 is 0. The van der Waals surface area contributed by atoms with Gasteiger partial charge in [0.15, 0.2) is 5.52 Å². The quantitative estimate of drug-likeness (QED) is 0.789. The third-order valence-corrected chi connectivity index (χ3v) is 3.13. The van der Waals surface area contributed by atoms with Crippen molar-refractivity contribution in [3.8, 4) is 11.6 Å². The number of nitrogens with zero attached hydrogens (tertiary/aromatic N) is 3. The van der Waals surface area contributed by atoms with Crippen molar-refractivity contribution in [3.05, 3.63) is 48.4 Å². The van der Waals surface area contributed by atoms with Crippen LogP contribution in [-0.4, -0.2) is 21.6 Å². The fourth-order valence-electron chi connectivity index (χ4n) is 2.10. The maximum absolute atomic E-state index is 5.83. The van der Waals surface area contributed by atoms with E-state index in [-0.39, 0.29) is 0 Å². The summed E-state index contributed by atoms with van der Waals surface area (Å²) in [5, 5.41) is 3.11. The number of fused-ring (bicyclic) bond motifs is 1. The lowest BCUT2D eigenvalue weighted by Crippen LogP contribution is -2.04. The maximum atomic E-state index is 5.83. The number of aromatic nitrogens is 3. The highest BCUT2D eigenvalue weighted by Gasteiger charge is 2.08. The van der Waals surface area contributed by atoms with E-state index in [2.05, 4.69) is 15.3 Å². The van der Waals surface area contributed by atoms with Crippen molar-refractivity contribution in [2.75, 3.05) is 7.05 Å². The number of benzene rings is 1. The molecule has 0 aliphatic heterocycles. The first-order valence-electron chi connectivity index (χ1n) is 6.45. The molecule has 0 radical (unpaired) electrons. The normalized spacial score (nSPS) is 10.9. The Morgan fingerprint density at radius 3 is 2.70 bits per heavy atom. The fraction of sp³-hybridized carbons (Fsp3) is 0.200. The summed E-state index contributed by atoms with van der Waals surface area (Å²) in [6, 6.07) is 9.87. The zero-order chi connectivity index (χ0) is 13.9. The van der Waals surface area contributed by atoms with Gasteiger partial charge < -0.3 is 14.6 Å². The third-order valence-electron chi connectivity index (χ3n) is 3.13. The summed E-state index contributed by atoms with van der Waals surface area (Å²) in [7, 11) is 3.88. The Morgan fingerprint density at radius 1 is 1.15 bits per heavy atom. The van der Waals surface area contributed by atoms with Crippen molar-refractivity contribution in [2.24, 2.45) is 7.05 Å². The number of aryl methyl sites for hydroxylation is 1. The highest BCUT2D eigenvalue weighted by molar-refractivity contribution is 5.80. The van der Waals surface area contributed by atoms with Crippen LogP contribution < -0.4 is 10.1 Å². The minimum atomic E-state index is 0.532. The molecule has 0 aliphatic rings. The second-order valence-electron chi connectivity index (χ2n) is 4.62. The zero-order valence-electron chi connectivity index (χ0n) is 11.5. The number of hydrogen-bond acceptors (Lipinski definition) is 4. The molecule has 20 heavy (non-hydrogen) atoms. The highest BCUT2D eigenvalue weighted by atomic mass is 16.5. The number of ether oxygens (including phenoxy) is 1. The lowest BCUT2D eigenvalue weighted by atomic mass is 10.2. The molecule has 0 aliphatic carbocycles. The monoisotopic (exact) mass is 268 g/mol. The first-order valence-corrected chi connectivity index (χ1v) is 6.45. The Balaban J connectivity index is 1.89. The molecule has 0 unspecified atom stereocenters. The molecule has 5 nitrogen and oxygen atoms in total. The largest absolute Gasteiger partial charge is 0.437 e. The molecule has 2 heterocycles. The van der Waals surface area contributed by atoms with E-state index in [0.29, 0.717) is 5.88 Å². The average Bonchev–Trinajstić information content (AvgIpc) is 2.84. The van der Waals surface area contributed by atoms with Gasteiger partial charge in [0.2, 0.25) is 5.88 Å². The lowest BCUT2D eigenvalue weighted by molar-refractivity contribution is 0.468. The van der Waals surface area contributed by atoms with Crippen molar-refractivity contribution < 1.29 is 4.74 Å². The summed E-state index contributed by atoms with van der Waals surface area (Å²) in [5.41, 5.74) is 2.99. The van der Waals surface area contributed by atoms with Gasteiger partial charge in [-0.15, -0.1) is 0 Å². The van der Waals surface area contributed by atoms with Gasteiger partial charge in [-0.2, -0.15) is 0 Å². The minimum absolute atomic E-state index is 0.532. The second kappa shape index (κ2) is 5.30. The van der Waals surface area contributed by atoms with Crippen LogP contribution in [0.25, 0.3) is 11.0 Å². The molecule has 0 spiro atoms. The Bertz CT molecular complexity index is 718. The van der Waals surface area contributed by atoms with E-state index in [1.807, 2.05) is 49.0 Å². The molecule has 0 saturated carbocycles. The lowest BCUT2D eigenvalue weighted by Gasteiger charge is -2.06. The zero-order valence-corrected chi connectivity index (χ0v) is 11.5. The van der Waals surface area contributed by atoms with Gasteiger partial charge in [-0.3, -0.25) is 0 Å². The van der Waals surface area contributed by atoms with E-state index in [9.17, 15) is 0 Å². The van der Waals surface area contributed by atoms with E-state index < -0.39 is 0 Å². The van der Waals surface area contributed by atoms with Crippen LogP contribution in [0.3, 0.4) is 0 Å². The molecule has 3 rings (SSSR count).